The van der Waals surface area contributed by atoms with E-state index in [-0.39, 0.29) is 0 Å². The van der Waals surface area contributed by atoms with E-state index in [2.05, 4.69) is 40.3 Å². The highest BCUT2D eigenvalue weighted by molar-refractivity contribution is 9.10. The second-order valence-corrected chi connectivity index (χ2v) is 5.80. The summed E-state index contributed by atoms with van der Waals surface area (Å²) in [5, 5.41) is 4.04. The third-order valence-electron chi connectivity index (χ3n) is 2.79. The topological polar surface area (TPSA) is 21.3 Å². The predicted molar refractivity (Wildman–Crippen MR) is 88.7 cm³/mol. The molecule has 106 valence electrons. The number of halogens is 2. The lowest BCUT2D eigenvalue weighted by Gasteiger charge is -2.10. The lowest BCUT2D eigenvalue weighted by Crippen LogP contribution is -2.01. The van der Waals surface area contributed by atoms with Crippen molar-refractivity contribution in [2.75, 3.05) is 11.9 Å². The molecule has 0 aliphatic carbocycles. The van der Waals surface area contributed by atoms with E-state index in [1.807, 2.05) is 30.3 Å². The highest BCUT2D eigenvalue weighted by Crippen LogP contribution is 2.26. The van der Waals surface area contributed by atoms with Gasteiger partial charge in [0.05, 0.1) is 17.3 Å². The van der Waals surface area contributed by atoms with Crippen molar-refractivity contribution < 1.29 is 4.74 Å². The van der Waals surface area contributed by atoms with Crippen LogP contribution in [0, 0.1) is 0 Å². The third-order valence-corrected chi connectivity index (χ3v) is 3.59. The largest absolute Gasteiger partial charge is 0.494 e. The number of rotatable bonds is 6. The quantitative estimate of drug-likeness (QED) is 0.739. The van der Waals surface area contributed by atoms with Gasteiger partial charge in [-0.05, 0) is 42.3 Å². The van der Waals surface area contributed by atoms with Gasteiger partial charge in [-0.1, -0.05) is 46.6 Å². The first-order valence-corrected chi connectivity index (χ1v) is 7.77. The molecule has 2 aromatic carbocycles. The van der Waals surface area contributed by atoms with Gasteiger partial charge in [0.2, 0.25) is 0 Å². The fraction of sp³-hybridized carbons (Fsp3) is 0.250. The van der Waals surface area contributed by atoms with E-state index in [0.29, 0.717) is 11.6 Å². The second-order valence-electron chi connectivity index (χ2n) is 4.47. The molecule has 4 heteroatoms. The molecule has 0 spiro atoms. The van der Waals surface area contributed by atoms with Gasteiger partial charge in [-0.3, -0.25) is 0 Å². The molecule has 0 aliphatic rings. The average Bonchev–Trinajstić information content (AvgIpc) is 2.45. The monoisotopic (exact) mass is 353 g/mol. The van der Waals surface area contributed by atoms with Gasteiger partial charge in [-0.25, -0.2) is 0 Å². The van der Waals surface area contributed by atoms with Crippen LogP contribution in [0.3, 0.4) is 0 Å². The summed E-state index contributed by atoms with van der Waals surface area (Å²) in [7, 11) is 0. The van der Waals surface area contributed by atoms with Crippen LogP contribution in [0.25, 0.3) is 0 Å². The van der Waals surface area contributed by atoms with Crippen molar-refractivity contribution in [3.63, 3.8) is 0 Å². The van der Waals surface area contributed by atoms with Crippen LogP contribution in [-0.4, -0.2) is 6.61 Å². The smallest absolute Gasteiger partial charge is 0.119 e. The SMILES string of the molecule is CCCOc1cccc(CNc2ccc(Br)cc2Cl)c1. The van der Waals surface area contributed by atoms with E-state index in [0.717, 1.165) is 34.5 Å². The van der Waals surface area contributed by atoms with Crippen LogP contribution >= 0.6 is 27.5 Å². The maximum atomic E-state index is 6.18. The molecule has 0 saturated carbocycles. The number of ether oxygens (including phenoxy) is 1. The Kier molecular flexibility index (Phi) is 5.74. The molecule has 2 rings (SSSR count). The van der Waals surface area contributed by atoms with Gasteiger partial charge in [-0.15, -0.1) is 0 Å². The minimum absolute atomic E-state index is 0.706. The number of benzene rings is 2. The number of hydrogen-bond donors (Lipinski definition) is 1. The van der Waals surface area contributed by atoms with E-state index in [1.54, 1.807) is 0 Å². The van der Waals surface area contributed by atoms with Crippen LogP contribution in [0.4, 0.5) is 5.69 Å². The predicted octanol–water partition coefficient (Wildman–Crippen LogP) is 5.50. The maximum absolute atomic E-state index is 6.18. The Labute approximate surface area is 133 Å². The van der Waals surface area contributed by atoms with Crippen LogP contribution < -0.4 is 10.1 Å². The molecular weight excluding hydrogens is 338 g/mol. The van der Waals surface area contributed by atoms with Crippen LogP contribution in [0.5, 0.6) is 5.75 Å². The van der Waals surface area contributed by atoms with Crippen LogP contribution in [0.2, 0.25) is 5.02 Å². The molecule has 0 aliphatic heterocycles. The molecule has 20 heavy (non-hydrogen) atoms. The van der Waals surface area contributed by atoms with Crippen molar-refractivity contribution >= 4 is 33.2 Å². The van der Waals surface area contributed by atoms with E-state index in [4.69, 9.17) is 16.3 Å². The van der Waals surface area contributed by atoms with Crippen LogP contribution in [0.1, 0.15) is 18.9 Å². The Hall–Kier alpha value is -1.19. The minimum atomic E-state index is 0.706. The Morgan fingerprint density at radius 3 is 2.80 bits per heavy atom. The van der Waals surface area contributed by atoms with Gasteiger partial charge in [-0.2, -0.15) is 0 Å². The van der Waals surface area contributed by atoms with Crippen molar-refractivity contribution in [1.29, 1.82) is 0 Å². The number of nitrogens with one attached hydrogen (secondary N) is 1. The zero-order valence-electron chi connectivity index (χ0n) is 11.3. The van der Waals surface area contributed by atoms with E-state index in [9.17, 15) is 0 Å². The first-order chi connectivity index (χ1) is 9.69. The summed E-state index contributed by atoms with van der Waals surface area (Å²) in [5.41, 5.74) is 2.09. The summed E-state index contributed by atoms with van der Waals surface area (Å²) in [6.07, 6.45) is 1.01. The summed E-state index contributed by atoms with van der Waals surface area (Å²) in [6.45, 7) is 3.56. The third kappa shape index (κ3) is 4.43. The van der Waals surface area contributed by atoms with Crippen molar-refractivity contribution in [2.45, 2.75) is 19.9 Å². The fourth-order valence-electron chi connectivity index (χ4n) is 1.80. The molecular formula is C16H17BrClNO. The molecule has 1 N–H and O–H groups in total. The summed E-state index contributed by atoms with van der Waals surface area (Å²) >= 11 is 9.58. The van der Waals surface area contributed by atoms with Crippen LogP contribution in [0.15, 0.2) is 46.9 Å². The molecule has 0 aromatic heterocycles. The summed E-state index contributed by atoms with van der Waals surface area (Å²) in [6, 6.07) is 13.9. The summed E-state index contributed by atoms with van der Waals surface area (Å²) < 4.78 is 6.60. The zero-order chi connectivity index (χ0) is 14.4. The first-order valence-electron chi connectivity index (χ1n) is 6.59. The molecule has 2 aromatic rings. The second kappa shape index (κ2) is 7.55. The zero-order valence-corrected chi connectivity index (χ0v) is 13.7. The Balaban J connectivity index is 1.99. The molecule has 0 radical (unpaired) electrons. The molecule has 0 unspecified atom stereocenters. The molecule has 0 fully saturated rings. The molecule has 0 atom stereocenters. The van der Waals surface area contributed by atoms with E-state index < -0.39 is 0 Å². The molecule has 0 bridgehead atoms. The van der Waals surface area contributed by atoms with Gasteiger partial charge < -0.3 is 10.1 Å². The van der Waals surface area contributed by atoms with E-state index >= 15 is 0 Å². The van der Waals surface area contributed by atoms with Crippen molar-refractivity contribution in [3.05, 3.63) is 57.5 Å². The Bertz CT molecular complexity index is 574. The van der Waals surface area contributed by atoms with E-state index in [1.165, 1.54) is 0 Å². The van der Waals surface area contributed by atoms with Crippen molar-refractivity contribution in [2.24, 2.45) is 0 Å². The van der Waals surface area contributed by atoms with Gasteiger partial charge in [0.1, 0.15) is 5.75 Å². The highest BCUT2D eigenvalue weighted by Gasteiger charge is 2.02. The van der Waals surface area contributed by atoms with Crippen molar-refractivity contribution in [1.82, 2.24) is 0 Å². The minimum Gasteiger partial charge on any atom is -0.494 e. The van der Waals surface area contributed by atoms with Gasteiger partial charge >= 0.3 is 0 Å². The number of anilines is 1. The van der Waals surface area contributed by atoms with Gasteiger partial charge in [0.25, 0.3) is 0 Å². The Morgan fingerprint density at radius 2 is 2.05 bits per heavy atom. The highest BCUT2D eigenvalue weighted by atomic mass is 79.9. The van der Waals surface area contributed by atoms with Gasteiger partial charge in [0.15, 0.2) is 0 Å². The Morgan fingerprint density at radius 1 is 1.20 bits per heavy atom. The van der Waals surface area contributed by atoms with Crippen molar-refractivity contribution in [3.8, 4) is 5.75 Å². The molecule has 2 nitrogen and oxygen atoms in total. The van der Waals surface area contributed by atoms with Crippen LogP contribution in [-0.2, 0) is 6.54 Å². The summed E-state index contributed by atoms with van der Waals surface area (Å²) in [5.74, 6) is 0.910. The lowest BCUT2D eigenvalue weighted by atomic mass is 10.2. The molecule has 0 saturated heterocycles. The lowest BCUT2D eigenvalue weighted by molar-refractivity contribution is 0.317. The summed E-state index contributed by atoms with van der Waals surface area (Å²) in [4.78, 5) is 0. The number of hydrogen-bond acceptors (Lipinski definition) is 2. The van der Waals surface area contributed by atoms with Gasteiger partial charge in [0, 0.05) is 11.0 Å². The standard InChI is InChI=1S/C16H17BrClNO/c1-2-8-20-14-5-3-4-12(9-14)11-19-16-7-6-13(17)10-15(16)18/h3-7,9-10,19H,2,8,11H2,1H3. The fourth-order valence-corrected chi connectivity index (χ4v) is 2.54. The molecule has 0 amide bonds. The molecule has 0 heterocycles. The first kappa shape index (κ1) is 15.2. The average molecular weight is 355 g/mol. The normalized spacial score (nSPS) is 10.3. The maximum Gasteiger partial charge on any atom is 0.119 e.